The van der Waals surface area contributed by atoms with Crippen LogP contribution in [0.3, 0.4) is 0 Å². The fraction of sp³-hybridized carbons (Fsp3) is 0.250. The summed E-state index contributed by atoms with van der Waals surface area (Å²) in [6.07, 6.45) is 0. The second kappa shape index (κ2) is 5.40. The Morgan fingerprint density at radius 2 is 1.71 bits per heavy atom. The maximum Gasteiger partial charge on any atom is 0.0739 e. The van der Waals surface area contributed by atoms with Crippen LogP contribution in [0.15, 0.2) is 41.6 Å². The van der Waals surface area contributed by atoms with Gasteiger partial charge in [-0.15, -0.1) is 5.73 Å². The Hall–Kier alpha value is -1.34. The third-order valence-electron chi connectivity index (χ3n) is 1.95. The highest BCUT2D eigenvalue weighted by Gasteiger charge is 1.94. The van der Waals surface area contributed by atoms with E-state index in [0.29, 0.717) is 5.57 Å². The molecule has 0 saturated carbocycles. The van der Waals surface area contributed by atoms with Gasteiger partial charge in [0, 0.05) is 5.57 Å². The highest BCUT2D eigenvalue weighted by molar-refractivity contribution is 5.63. The van der Waals surface area contributed by atoms with Crippen LogP contribution in [-0.2, 0) is 0 Å². The van der Waals surface area contributed by atoms with Crippen LogP contribution < -0.4 is 0 Å². The Balaban J connectivity index is 3.06. The van der Waals surface area contributed by atoms with Gasteiger partial charge in [-0.1, -0.05) is 30.3 Å². The van der Waals surface area contributed by atoms with E-state index in [9.17, 15) is 0 Å². The van der Waals surface area contributed by atoms with E-state index in [1.807, 2.05) is 37.3 Å². The standard InChI is InChI=1S/C12H14O2/c1-10(7-11(8-13)9-14)12-5-3-2-4-6-12/h2-6,13-14H,8-9H2,1H3. The van der Waals surface area contributed by atoms with Gasteiger partial charge in [-0.2, -0.15) is 0 Å². The summed E-state index contributed by atoms with van der Waals surface area (Å²) in [6.45, 7) is 1.60. The van der Waals surface area contributed by atoms with Crippen LogP contribution >= 0.6 is 0 Å². The topological polar surface area (TPSA) is 40.5 Å². The van der Waals surface area contributed by atoms with Gasteiger partial charge in [-0.25, -0.2) is 0 Å². The van der Waals surface area contributed by atoms with Gasteiger partial charge in [-0.3, -0.25) is 0 Å². The summed E-state index contributed by atoms with van der Waals surface area (Å²) in [5.74, 6) is 0. The first-order valence-electron chi connectivity index (χ1n) is 4.50. The molecule has 0 aliphatic heterocycles. The summed E-state index contributed by atoms with van der Waals surface area (Å²) in [5, 5.41) is 17.7. The monoisotopic (exact) mass is 190 g/mol. The quantitative estimate of drug-likeness (QED) is 0.711. The Labute approximate surface area is 83.8 Å². The van der Waals surface area contributed by atoms with Gasteiger partial charge >= 0.3 is 0 Å². The molecule has 0 unspecified atom stereocenters. The number of benzene rings is 1. The van der Waals surface area contributed by atoms with Crippen LogP contribution in [0, 0.1) is 0 Å². The van der Waals surface area contributed by atoms with Crippen molar-refractivity contribution in [2.24, 2.45) is 0 Å². The first-order valence-corrected chi connectivity index (χ1v) is 4.50. The molecule has 1 aromatic carbocycles. The third-order valence-corrected chi connectivity index (χ3v) is 1.95. The predicted octanol–water partition coefficient (Wildman–Crippen LogP) is 1.60. The number of aliphatic hydroxyl groups is 2. The fourth-order valence-corrected chi connectivity index (χ4v) is 1.15. The lowest BCUT2D eigenvalue weighted by atomic mass is 10.1. The molecule has 2 heteroatoms. The van der Waals surface area contributed by atoms with Crippen molar-refractivity contribution in [3.63, 3.8) is 0 Å². The molecule has 2 N–H and O–H groups in total. The third kappa shape index (κ3) is 2.86. The fourth-order valence-electron chi connectivity index (χ4n) is 1.15. The lowest BCUT2D eigenvalue weighted by molar-refractivity contribution is 0.277. The van der Waals surface area contributed by atoms with Crippen LogP contribution in [0.5, 0.6) is 0 Å². The lowest BCUT2D eigenvalue weighted by Gasteiger charge is -1.98. The van der Waals surface area contributed by atoms with Crippen LogP contribution in [-0.4, -0.2) is 23.4 Å². The zero-order valence-electron chi connectivity index (χ0n) is 8.20. The molecular weight excluding hydrogens is 176 g/mol. The predicted molar refractivity (Wildman–Crippen MR) is 56.7 cm³/mol. The van der Waals surface area contributed by atoms with Crippen LogP contribution in [0.1, 0.15) is 12.5 Å². The van der Waals surface area contributed by atoms with Crippen molar-refractivity contribution in [2.75, 3.05) is 13.2 Å². The van der Waals surface area contributed by atoms with Gasteiger partial charge < -0.3 is 10.2 Å². The molecule has 0 bridgehead atoms. The van der Waals surface area contributed by atoms with E-state index in [1.165, 1.54) is 0 Å². The normalized spacial score (nSPS) is 9.36. The summed E-state index contributed by atoms with van der Waals surface area (Å²) < 4.78 is 0. The molecule has 1 aromatic rings. The van der Waals surface area contributed by atoms with Crippen LogP contribution in [0.4, 0.5) is 0 Å². The molecule has 0 atom stereocenters. The van der Waals surface area contributed by atoms with Crippen molar-refractivity contribution >= 4 is 5.57 Å². The Kier molecular flexibility index (Phi) is 4.14. The van der Waals surface area contributed by atoms with Crippen molar-refractivity contribution in [1.82, 2.24) is 0 Å². The van der Waals surface area contributed by atoms with E-state index < -0.39 is 0 Å². The molecule has 1 rings (SSSR count). The van der Waals surface area contributed by atoms with Crippen molar-refractivity contribution in [2.45, 2.75) is 6.92 Å². The summed E-state index contributed by atoms with van der Waals surface area (Å²) in [5.41, 5.74) is 5.44. The number of rotatable bonds is 3. The molecule has 0 aliphatic rings. The first-order chi connectivity index (χ1) is 6.77. The highest BCUT2D eigenvalue weighted by Crippen LogP contribution is 2.11. The molecule has 0 amide bonds. The number of hydrogen-bond acceptors (Lipinski definition) is 2. The van der Waals surface area contributed by atoms with E-state index in [2.05, 4.69) is 5.73 Å². The summed E-state index contributed by atoms with van der Waals surface area (Å²) in [7, 11) is 0. The molecule has 0 aliphatic carbocycles. The summed E-state index contributed by atoms with van der Waals surface area (Å²) in [4.78, 5) is 0. The van der Waals surface area contributed by atoms with Gasteiger partial charge in [0.2, 0.25) is 0 Å². The maximum atomic E-state index is 8.85. The van der Waals surface area contributed by atoms with E-state index in [4.69, 9.17) is 10.2 Å². The summed E-state index contributed by atoms with van der Waals surface area (Å²) >= 11 is 0. The van der Waals surface area contributed by atoms with E-state index in [-0.39, 0.29) is 13.2 Å². The number of aliphatic hydroxyl groups excluding tert-OH is 2. The molecule has 0 heterocycles. The van der Waals surface area contributed by atoms with E-state index in [1.54, 1.807) is 0 Å². The zero-order chi connectivity index (χ0) is 10.4. The second-order valence-corrected chi connectivity index (χ2v) is 3.04. The Bertz CT molecular complexity index is 340. The molecule has 0 aromatic heterocycles. The molecule has 74 valence electrons. The SMILES string of the molecule is CC(=C=C(CO)CO)c1ccccc1. The molecule has 14 heavy (non-hydrogen) atoms. The zero-order valence-corrected chi connectivity index (χ0v) is 8.20. The Morgan fingerprint density at radius 3 is 2.21 bits per heavy atom. The number of hydrogen-bond donors (Lipinski definition) is 2. The van der Waals surface area contributed by atoms with Crippen molar-refractivity contribution in [3.8, 4) is 0 Å². The van der Waals surface area contributed by atoms with Gasteiger partial charge in [-0.05, 0) is 18.1 Å². The van der Waals surface area contributed by atoms with Crippen molar-refractivity contribution < 1.29 is 10.2 Å². The van der Waals surface area contributed by atoms with Crippen molar-refractivity contribution in [1.29, 1.82) is 0 Å². The average molecular weight is 190 g/mol. The maximum absolute atomic E-state index is 8.85. The van der Waals surface area contributed by atoms with Crippen molar-refractivity contribution in [3.05, 3.63) is 47.2 Å². The molecule has 2 nitrogen and oxygen atoms in total. The molecular formula is C12H14O2. The first kappa shape index (κ1) is 10.7. The second-order valence-electron chi connectivity index (χ2n) is 3.04. The van der Waals surface area contributed by atoms with Crippen LogP contribution in [0.25, 0.3) is 5.57 Å². The summed E-state index contributed by atoms with van der Waals surface area (Å²) in [6, 6.07) is 9.76. The lowest BCUT2D eigenvalue weighted by Crippen LogP contribution is -1.94. The minimum absolute atomic E-state index is 0.152. The smallest absolute Gasteiger partial charge is 0.0739 e. The van der Waals surface area contributed by atoms with Gasteiger partial charge in [0.15, 0.2) is 0 Å². The Morgan fingerprint density at radius 1 is 1.14 bits per heavy atom. The largest absolute Gasteiger partial charge is 0.391 e. The van der Waals surface area contributed by atoms with Gasteiger partial charge in [0.05, 0.1) is 13.2 Å². The highest BCUT2D eigenvalue weighted by atomic mass is 16.3. The molecule has 0 fully saturated rings. The molecule has 0 saturated heterocycles. The molecule has 0 radical (unpaired) electrons. The minimum Gasteiger partial charge on any atom is -0.391 e. The molecule has 0 spiro atoms. The van der Waals surface area contributed by atoms with Gasteiger partial charge in [0.1, 0.15) is 0 Å². The van der Waals surface area contributed by atoms with Gasteiger partial charge in [0.25, 0.3) is 0 Å². The van der Waals surface area contributed by atoms with E-state index in [0.717, 1.165) is 11.1 Å². The van der Waals surface area contributed by atoms with Crippen LogP contribution in [0.2, 0.25) is 0 Å². The minimum atomic E-state index is -0.152. The van der Waals surface area contributed by atoms with E-state index >= 15 is 0 Å². The average Bonchev–Trinajstić information content (AvgIpc) is 2.26.